The molecule has 3 atom stereocenters. The van der Waals surface area contributed by atoms with Crippen LogP contribution in [0.3, 0.4) is 0 Å². The fraction of sp³-hybridized carbons (Fsp3) is 0.143. The van der Waals surface area contributed by atoms with E-state index in [0.717, 1.165) is 23.1 Å². The number of carbonyl (C=O) groups excluding carboxylic acids is 3. The molecule has 38 heavy (non-hydrogen) atoms. The van der Waals surface area contributed by atoms with Crippen molar-refractivity contribution >= 4 is 52.2 Å². The zero-order valence-electron chi connectivity index (χ0n) is 19.7. The average molecular weight is 546 g/mol. The molecule has 0 radical (unpaired) electrons. The summed E-state index contributed by atoms with van der Waals surface area (Å²) in [4.78, 5) is 54.8. The number of hydrogen-bond donors (Lipinski definition) is 1. The minimum absolute atomic E-state index is 0.245. The second kappa shape index (κ2) is 9.70. The van der Waals surface area contributed by atoms with Crippen molar-refractivity contribution in [2.45, 2.75) is 22.7 Å². The molecular formula is C28H20FN3O4S2. The number of anilines is 2. The fourth-order valence-corrected chi connectivity index (χ4v) is 7.75. The molecule has 3 unspecified atom stereocenters. The van der Waals surface area contributed by atoms with E-state index in [-0.39, 0.29) is 29.1 Å². The molecule has 3 amide bonds. The Bertz CT molecular complexity index is 1600. The predicted octanol–water partition coefficient (Wildman–Crippen LogP) is 4.48. The molecule has 10 heteroatoms. The lowest BCUT2D eigenvalue weighted by molar-refractivity contribution is -0.122. The van der Waals surface area contributed by atoms with E-state index in [4.69, 9.17) is 0 Å². The second-order valence-corrected chi connectivity index (χ2v) is 11.1. The van der Waals surface area contributed by atoms with Gasteiger partial charge in [-0.05, 0) is 42.0 Å². The zero-order chi connectivity index (χ0) is 26.4. The summed E-state index contributed by atoms with van der Waals surface area (Å²) in [5.74, 6) is -2.99. The first-order chi connectivity index (χ1) is 18.4. The van der Waals surface area contributed by atoms with Crippen molar-refractivity contribution in [3.63, 3.8) is 0 Å². The summed E-state index contributed by atoms with van der Waals surface area (Å²) in [6.07, 6.45) is 0. The van der Waals surface area contributed by atoms with Crippen molar-refractivity contribution in [2.75, 3.05) is 10.2 Å². The number of nitrogens with zero attached hydrogens (tertiary/aromatic N) is 2. The lowest BCUT2D eigenvalue weighted by atomic mass is 9.83. The van der Waals surface area contributed by atoms with Crippen molar-refractivity contribution in [3.05, 3.63) is 111 Å². The van der Waals surface area contributed by atoms with Crippen LogP contribution in [-0.2, 0) is 20.9 Å². The smallest absolute Gasteiger partial charge is 0.308 e. The molecule has 0 aliphatic carbocycles. The van der Waals surface area contributed by atoms with Gasteiger partial charge in [-0.15, -0.1) is 0 Å². The summed E-state index contributed by atoms with van der Waals surface area (Å²) in [7, 11) is 0. The number of imide groups is 1. The molecule has 0 saturated carbocycles. The molecule has 7 nitrogen and oxygen atoms in total. The third-order valence-corrected chi connectivity index (χ3v) is 9.26. The van der Waals surface area contributed by atoms with Gasteiger partial charge in [0.2, 0.25) is 17.7 Å². The Hall–Kier alpha value is -4.02. The number of para-hydroxylation sites is 2. The topological polar surface area (TPSA) is 88.5 Å². The summed E-state index contributed by atoms with van der Waals surface area (Å²) in [6, 6.07) is 23.4. The average Bonchev–Trinajstić information content (AvgIpc) is 3.36. The lowest BCUT2D eigenvalue weighted by Gasteiger charge is -2.30. The van der Waals surface area contributed by atoms with Crippen LogP contribution in [0.25, 0.3) is 0 Å². The van der Waals surface area contributed by atoms with Gasteiger partial charge in [0, 0.05) is 16.5 Å². The number of amides is 3. The van der Waals surface area contributed by atoms with E-state index in [1.165, 1.54) is 21.6 Å². The minimum atomic E-state index is -0.803. The molecule has 190 valence electrons. The highest BCUT2D eigenvalue weighted by Gasteiger charge is 2.56. The van der Waals surface area contributed by atoms with E-state index < -0.39 is 22.9 Å². The van der Waals surface area contributed by atoms with Crippen LogP contribution in [0.2, 0.25) is 0 Å². The minimum Gasteiger partial charge on any atom is -0.325 e. The SMILES string of the molecule is O=C(Cn1c2c(sc1=O)C(c1ccc(F)cc1)C1C(=O)N(c3ccccc3)C(=O)C1S2)Nc1ccccc1. The Balaban J connectivity index is 1.42. The highest BCUT2D eigenvalue weighted by atomic mass is 32.2. The monoisotopic (exact) mass is 545 g/mol. The van der Waals surface area contributed by atoms with Gasteiger partial charge in [0.25, 0.3) is 0 Å². The van der Waals surface area contributed by atoms with Gasteiger partial charge in [0.05, 0.1) is 16.6 Å². The zero-order valence-corrected chi connectivity index (χ0v) is 21.4. The molecular weight excluding hydrogens is 525 g/mol. The Morgan fingerprint density at radius 2 is 1.53 bits per heavy atom. The molecule has 3 aromatic carbocycles. The maximum absolute atomic E-state index is 13.8. The molecule has 1 N–H and O–H groups in total. The Morgan fingerprint density at radius 1 is 0.868 bits per heavy atom. The summed E-state index contributed by atoms with van der Waals surface area (Å²) in [6.45, 7) is -0.245. The van der Waals surface area contributed by atoms with Crippen LogP contribution in [0, 0.1) is 11.7 Å². The van der Waals surface area contributed by atoms with Crippen LogP contribution in [0.1, 0.15) is 16.4 Å². The first-order valence-corrected chi connectivity index (χ1v) is 13.6. The van der Waals surface area contributed by atoms with E-state index in [9.17, 15) is 23.6 Å². The number of hydrogen-bond acceptors (Lipinski definition) is 6. The van der Waals surface area contributed by atoms with Crippen LogP contribution in [0.4, 0.5) is 15.8 Å². The fourth-order valence-electron chi connectivity index (χ4n) is 4.98. The van der Waals surface area contributed by atoms with Gasteiger partial charge in [0.15, 0.2) is 0 Å². The molecule has 0 bridgehead atoms. The number of rotatable bonds is 5. The van der Waals surface area contributed by atoms with Gasteiger partial charge in [-0.25, -0.2) is 9.29 Å². The van der Waals surface area contributed by atoms with Crippen LogP contribution in [-0.4, -0.2) is 27.5 Å². The molecule has 1 aromatic heterocycles. The van der Waals surface area contributed by atoms with Crippen molar-refractivity contribution in [1.82, 2.24) is 4.57 Å². The van der Waals surface area contributed by atoms with E-state index in [2.05, 4.69) is 5.32 Å². The second-order valence-electron chi connectivity index (χ2n) is 8.98. The summed E-state index contributed by atoms with van der Waals surface area (Å²) in [5, 5.41) is 2.46. The number of nitrogens with one attached hydrogen (secondary N) is 1. The van der Waals surface area contributed by atoms with Gasteiger partial charge in [-0.3, -0.25) is 23.7 Å². The largest absolute Gasteiger partial charge is 0.325 e. The maximum Gasteiger partial charge on any atom is 0.308 e. The van der Waals surface area contributed by atoms with Crippen molar-refractivity contribution < 1.29 is 18.8 Å². The Labute approximate surface area is 224 Å². The summed E-state index contributed by atoms with van der Waals surface area (Å²) >= 11 is 2.09. The summed E-state index contributed by atoms with van der Waals surface area (Å²) < 4.78 is 15.2. The number of thioether (sulfide) groups is 1. The van der Waals surface area contributed by atoms with Crippen molar-refractivity contribution in [3.8, 4) is 0 Å². The van der Waals surface area contributed by atoms with E-state index in [0.29, 0.717) is 26.8 Å². The van der Waals surface area contributed by atoms with E-state index in [1.807, 2.05) is 6.07 Å². The standard InChI is InChI=1S/C28H20FN3O4S2/c29-17-13-11-16(12-14-17)21-22-23(26(35)32(25(22)34)19-9-5-2-6-10-19)37-27-24(21)38-28(36)31(27)15-20(33)30-18-7-3-1-4-8-18/h1-14,21-23H,15H2,(H,30,33). The van der Waals surface area contributed by atoms with E-state index in [1.54, 1.807) is 66.7 Å². The Kier molecular flexibility index (Phi) is 6.21. The normalized spacial score (nSPS) is 20.2. The highest BCUT2D eigenvalue weighted by molar-refractivity contribution is 8.00. The van der Waals surface area contributed by atoms with Crippen molar-refractivity contribution in [1.29, 1.82) is 0 Å². The molecule has 2 aliphatic heterocycles. The van der Waals surface area contributed by atoms with Crippen LogP contribution in [0.5, 0.6) is 0 Å². The van der Waals surface area contributed by atoms with Gasteiger partial charge in [0.1, 0.15) is 17.6 Å². The van der Waals surface area contributed by atoms with Crippen LogP contribution in [0.15, 0.2) is 94.7 Å². The van der Waals surface area contributed by atoms with Gasteiger partial charge >= 0.3 is 4.87 Å². The summed E-state index contributed by atoms with van der Waals surface area (Å²) in [5.41, 5.74) is 1.70. The first-order valence-electron chi connectivity index (χ1n) is 11.9. The highest BCUT2D eigenvalue weighted by Crippen LogP contribution is 2.53. The molecule has 4 aromatic rings. The molecule has 0 spiro atoms. The molecule has 3 heterocycles. The van der Waals surface area contributed by atoms with Gasteiger partial charge in [-0.1, -0.05) is 71.6 Å². The quantitative estimate of drug-likeness (QED) is 0.374. The number of carbonyl (C=O) groups is 3. The third kappa shape index (κ3) is 4.15. The van der Waals surface area contributed by atoms with Crippen molar-refractivity contribution in [2.24, 2.45) is 5.92 Å². The first kappa shape index (κ1) is 24.3. The molecule has 2 aliphatic rings. The Morgan fingerprint density at radius 3 is 2.21 bits per heavy atom. The molecule has 1 fully saturated rings. The van der Waals surface area contributed by atoms with Crippen LogP contribution >= 0.6 is 23.1 Å². The third-order valence-electron chi connectivity index (χ3n) is 6.65. The number of fused-ring (bicyclic) bond motifs is 2. The van der Waals surface area contributed by atoms with Gasteiger partial charge < -0.3 is 5.32 Å². The van der Waals surface area contributed by atoms with Crippen LogP contribution < -0.4 is 15.1 Å². The predicted molar refractivity (Wildman–Crippen MR) is 144 cm³/mol. The number of benzene rings is 3. The van der Waals surface area contributed by atoms with Gasteiger partial charge in [-0.2, -0.15) is 0 Å². The number of halogens is 1. The lowest BCUT2D eigenvalue weighted by Crippen LogP contribution is -2.33. The molecule has 1 saturated heterocycles. The molecule has 6 rings (SSSR count). The van der Waals surface area contributed by atoms with E-state index >= 15 is 0 Å². The number of aromatic nitrogens is 1. The maximum atomic E-state index is 13.8. The number of thiazole rings is 1.